The van der Waals surface area contributed by atoms with Gasteiger partial charge in [-0.1, -0.05) is 30.3 Å². The number of benzene rings is 1. The Morgan fingerprint density at radius 3 is 2.52 bits per heavy atom. The van der Waals surface area contributed by atoms with E-state index in [1.54, 1.807) is 0 Å². The van der Waals surface area contributed by atoms with Crippen molar-refractivity contribution in [3.05, 3.63) is 63.8 Å². The first-order chi connectivity index (χ1) is 11.8. The van der Waals surface area contributed by atoms with E-state index < -0.39 is 12.2 Å². The van der Waals surface area contributed by atoms with E-state index in [1.807, 2.05) is 48.7 Å². The van der Waals surface area contributed by atoms with Crippen LogP contribution < -0.4 is 5.56 Å². The highest BCUT2D eigenvalue weighted by atomic mass is 16.3. The Balaban J connectivity index is 2.12. The third-order valence-corrected chi connectivity index (χ3v) is 4.63. The van der Waals surface area contributed by atoms with Crippen LogP contribution in [0.25, 0.3) is 11.0 Å². The maximum absolute atomic E-state index is 12.9. The molecule has 0 radical (unpaired) electrons. The summed E-state index contributed by atoms with van der Waals surface area (Å²) in [4.78, 5) is 17.3. The Bertz CT molecular complexity index is 955. The lowest BCUT2D eigenvalue weighted by molar-refractivity contribution is -0.0128. The van der Waals surface area contributed by atoms with Crippen LogP contribution in [-0.2, 0) is 13.1 Å². The topological polar surface area (TPSA) is 80.3 Å². The fourth-order valence-electron chi connectivity index (χ4n) is 3.04. The van der Waals surface area contributed by atoms with Gasteiger partial charge in [-0.25, -0.2) is 4.98 Å². The molecule has 0 bridgehead atoms. The minimum absolute atomic E-state index is 0.00632. The third kappa shape index (κ3) is 3.23. The predicted octanol–water partition coefficient (Wildman–Crippen LogP) is 1.61. The Morgan fingerprint density at radius 2 is 1.88 bits per heavy atom. The van der Waals surface area contributed by atoms with Crippen molar-refractivity contribution in [3.8, 4) is 0 Å². The maximum Gasteiger partial charge on any atom is 0.263 e. The summed E-state index contributed by atoms with van der Waals surface area (Å²) in [7, 11) is 0. The number of hydrogen-bond acceptors (Lipinski definition) is 4. The molecule has 1 aromatic carbocycles. The van der Waals surface area contributed by atoms with Crippen LogP contribution in [0.5, 0.6) is 0 Å². The second-order valence-corrected chi connectivity index (χ2v) is 6.81. The zero-order chi connectivity index (χ0) is 18.2. The standard InChI is InChI=1S/C19H23N3O3/c1-13-14(2)22(9-15-7-5-4-6-8-15)17-16(13)18(24)21(12-20-17)10-19(3,25)11-23/h4-8,12,23,25H,9-11H2,1-3H3/t19-/m1/s1. The van der Waals surface area contributed by atoms with Crippen molar-refractivity contribution < 1.29 is 10.2 Å². The number of nitrogens with zero attached hydrogens (tertiary/aromatic N) is 3. The third-order valence-electron chi connectivity index (χ3n) is 4.63. The van der Waals surface area contributed by atoms with Crippen molar-refractivity contribution in [2.24, 2.45) is 0 Å². The van der Waals surface area contributed by atoms with Crippen LogP contribution in [-0.4, -0.2) is 36.5 Å². The molecule has 0 aliphatic carbocycles. The molecule has 132 valence electrons. The Morgan fingerprint density at radius 1 is 1.20 bits per heavy atom. The molecule has 25 heavy (non-hydrogen) atoms. The number of aliphatic hydroxyl groups is 2. The summed E-state index contributed by atoms with van der Waals surface area (Å²) in [6, 6.07) is 10.0. The van der Waals surface area contributed by atoms with E-state index in [1.165, 1.54) is 17.8 Å². The van der Waals surface area contributed by atoms with E-state index in [2.05, 4.69) is 4.98 Å². The van der Waals surface area contributed by atoms with Crippen molar-refractivity contribution in [2.75, 3.05) is 6.61 Å². The van der Waals surface area contributed by atoms with Crippen molar-refractivity contribution in [3.63, 3.8) is 0 Å². The minimum Gasteiger partial charge on any atom is -0.393 e. The molecule has 2 heterocycles. The smallest absolute Gasteiger partial charge is 0.263 e. The molecule has 2 aromatic heterocycles. The fourth-order valence-corrected chi connectivity index (χ4v) is 3.04. The molecule has 3 rings (SSSR count). The molecule has 1 atom stereocenters. The summed E-state index contributed by atoms with van der Waals surface area (Å²) in [6.45, 7) is 5.59. The van der Waals surface area contributed by atoms with E-state index in [0.717, 1.165) is 16.8 Å². The summed E-state index contributed by atoms with van der Waals surface area (Å²) in [6.07, 6.45) is 1.44. The molecule has 2 N–H and O–H groups in total. The van der Waals surface area contributed by atoms with Crippen molar-refractivity contribution in [1.29, 1.82) is 0 Å². The summed E-state index contributed by atoms with van der Waals surface area (Å²) < 4.78 is 3.40. The summed E-state index contributed by atoms with van der Waals surface area (Å²) in [5.41, 5.74) is 2.09. The molecule has 0 fully saturated rings. The van der Waals surface area contributed by atoms with Crippen LogP contribution >= 0.6 is 0 Å². The summed E-state index contributed by atoms with van der Waals surface area (Å²) in [5.74, 6) is 0. The molecule has 0 saturated carbocycles. The lowest BCUT2D eigenvalue weighted by Gasteiger charge is -2.21. The summed E-state index contributed by atoms with van der Waals surface area (Å²) >= 11 is 0. The predicted molar refractivity (Wildman–Crippen MR) is 96.7 cm³/mol. The van der Waals surface area contributed by atoms with Gasteiger partial charge < -0.3 is 14.8 Å². The Labute approximate surface area is 146 Å². The quantitative estimate of drug-likeness (QED) is 0.739. The number of hydrogen-bond donors (Lipinski definition) is 2. The van der Waals surface area contributed by atoms with E-state index in [9.17, 15) is 15.0 Å². The van der Waals surface area contributed by atoms with Gasteiger partial charge in [-0.2, -0.15) is 0 Å². The molecule has 0 unspecified atom stereocenters. The number of aromatic nitrogens is 3. The van der Waals surface area contributed by atoms with Gasteiger partial charge in [-0.15, -0.1) is 0 Å². The van der Waals surface area contributed by atoms with Gasteiger partial charge in [0.1, 0.15) is 17.6 Å². The van der Waals surface area contributed by atoms with E-state index in [-0.39, 0.29) is 12.1 Å². The molecule has 6 nitrogen and oxygen atoms in total. The molecule has 0 aliphatic heterocycles. The van der Waals surface area contributed by atoms with Gasteiger partial charge in [0, 0.05) is 12.2 Å². The molecule has 3 aromatic rings. The van der Waals surface area contributed by atoms with Gasteiger partial charge in [0.2, 0.25) is 0 Å². The number of aryl methyl sites for hydroxylation is 1. The van der Waals surface area contributed by atoms with Gasteiger partial charge in [-0.3, -0.25) is 9.36 Å². The van der Waals surface area contributed by atoms with Crippen LogP contribution in [0.4, 0.5) is 0 Å². The molecule has 0 aliphatic rings. The van der Waals surface area contributed by atoms with Crippen molar-refractivity contribution in [1.82, 2.24) is 14.1 Å². The Kier molecular flexibility index (Phi) is 4.49. The van der Waals surface area contributed by atoms with E-state index in [4.69, 9.17) is 0 Å². The molecular weight excluding hydrogens is 318 g/mol. The highest BCUT2D eigenvalue weighted by Crippen LogP contribution is 2.22. The molecule has 0 saturated heterocycles. The zero-order valence-electron chi connectivity index (χ0n) is 14.7. The lowest BCUT2D eigenvalue weighted by atomic mass is 10.1. The average molecular weight is 341 g/mol. The van der Waals surface area contributed by atoms with Gasteiger partial charge in [-0.05, 0) is 31.9 Å². The van der Waals surface area contributed by atoms with Gasteiger partial charge in [0.05, 0.1) is 18.5 Å². The first-order valence-corrected chi connectivity index (χ1v) is 8.26. The van der Waals surface area contributed by atoms with Gasteiger partial charge in [0.15, 0.2) is 0 Å². The van der Waals surface area contributed by atoms with E-state index in [0.29, 0.717) is 17.6 Å². The van der Waals surface area contributed by atoms with Crippen LogP contribution in [0.15, 0.2) is 41.5 Å². The number of rotatable bonds is 5. The van der Waals surface area contributed by atoms with Crippen LogP contribution in [0.2, 0.25) is 0 Å². The normalized spacial score (nSPS) is 14.0. The van der Waals surface area contributed by atoms with Crippen LogP contribution in [0.1, 0.15) is 23.7 Å². The first-order valence-electron chi connectivity index (χ1n) is 8.26. The zero-order valence-corrected chi connectivity index (χ0v) is 14.7. The van der Waals surface area contributed by atoms with Gasteiger partial charge in [0.25, 0.3) is 5.56 Å². The molecule has 6 heteroatoms. The second kappa shape index (κ2) is 6.46. The average Bonchev–Trinajstić information content (AvgIpc) is 2.83. The first kappa shape index (κ1) is 17.4. The number of aliphatic hydroxyl groups excluding tert-OH is 1. The molecule has 0 amide bonds. The minimum atomic E-state index is -1.37. The van der Waals surface area contributed by atoms with Gasteiger partial charge >= 0.3 is 0 Å². The number of fused-ring (bicyclic) bond motifs is 1. The summed E-state index contributed by atoms with van der Waals surface area (Å²) in [5, 5.41) is 19.9. The maximum atomic E-state index is 12.9. The monoisotopic (exact) mass is 341 g/mol. The highest BCUT2D eigenvalue weighted by Gasteiger charge is 2.23. The van der Waals surface area contributed by atoms with E-state index >= 15 is 0 Å². The highest BCUT2D eigenvalue weighted by molar-refractivity contribution is 5.81. The van der Waals surface area contributed by atoms with Crippen molar-refractivity contribution in [2.45, 2.75) is 39.5 Å². The van der Waals surface area contributed by atoms with Crippen LogP contribution in [0.3, 0.4) is 0 Å². The van der Waals surface area contributed by atoms with Crippen LogP contribution in [0, 0.1) is 13.8 Å². The SMILES string of the molecule is Cc1c(C)n(Cc2ccccc2)c2ncn(C[C@@](C)(O)CO)c(=O)c12. The molecule has 0 spiro atoms. The second-order valence-electron chi connectivity index (χ2n) is 6.81. The lowest BCUT2D eigenvalue weighted by Crippen LogP contribution is -2.38. The Hall–Kier alpha value is -2.44. The fraction of sp³-hybridized carbons (Fsp3) is 0.368. The molecular formula is C19H23N3O3. The van der Waals surface area contributed by atoms with Crippen molar-refractivity contribution >= 4 is 11.0 Å². The largest absolute Gasteiger partial charge is 0.393 e.